The van der Waals surface area contributed by atoms with Gasteiger partial charge >= 0.3 is 11.7 Å². The Morgan fingerprint density at radius 1 is 1.26 bits per heavy atom. The molecule has 0 saturated carbocycles. The van der Waals surface area contributed by atoms with Crippen molar-refractivity contribution in [2.24, 2.45) is 0 Å². The van der Waals surface area contributed by atoms with Crippen LogP contribution in [0.15, 0.2) is 29.1 Å². The highest BCUT2D eigenvalue weighted by atomic mass is 19.1. The van der Waals surface area contributed by atoms with E-state index in [2.05, 4.69) is 10.4 Å². The fraction of sp³-hybridized carbons (Fsp3) is 0.429. The minimum atomic E-state index is -0.743. The monoisotopic (exact) mass is 321 g/mol. The Labute approximate surface area is 131 Å². The van der Waals surface area contributed by atoms with Crippen molar-refractivity contribution in [3.05, 3.63) is 40.6 Å². The largest absolute Gasteiger partial charge is 0.377 e. The van der Waals surface area contributed by atoms with Gasteiger partial charge in [-0.15, -0.1) is 4.68 Å². The first kappa shape index (κ1) is 15.3. The second kappa shape index (κ2) is 5.92. The van der Waals surface area contributed by atoms with Crippen molar-refractivity contribution < 1.29 is 13.9 Å². The van der Waals surface area contributed by atoms with E-state index in [1.54, 1.807) is 0 Å². The molecule has 1 aromatic heterocycles. The lowest BCUT2D eigenvalue weighted by Gasteiger charge is -2.34. The molecule has 0 spiro atoms. The average Bonchev–Trinajstić information content (AvgIpc) is 2.87. The van der Waals surface area contributed by atoms with Gasteiger partial charge in [-0.3, -0.25) is 0 Å². The van der Waals surface area contributed by atoms with E-state index in [-0.39, 0.29) is 17.9 Å². The highest BCUT2D eigenvalue weighted by molar-refractivity contribution is 5.75. The molecule has 1 aliphatic rings. The SMILES string of the molecule is CC1CN(C(=O)n2nnn(-c3cccc(F)c3)c2=O)CC(C)O1. The molecule has 1 aliphatic heterocycles. The number of amides is 1. The van der Waals surface area contributed by atoms with E-state index in [4.69, 9.17) is 4.74 Å². The van der Waals surface area contributed by atoms with Gasteiger partial charge in [-0.05, 0) is 42.5 Å². The molecule has 2 aromatic rings. The van der Waals surface area contributed by atoms with E-state index in [9.17, 15) is 14.0 Å². The summed E-state index contributed by atoms with van der Waals surface area (Å²) in [6.45, 7) is 4.43. The van der Waals surface area contributed by atoms with E-state index < -0.39 is 17.5 Å². The predicted octanol–water partition coefficient (Wildman–Crippen LogP) is 0.645. The molecule has 8 nitrogen and oxygen atoms in total. The first-order valence-electron chi connectivity index (χ1n) is 7.21. The number of aromatic nitrogens is 4. The third-order valence-electron chi connectivity index (χ3n) is 3.51. The molecule has 3 rings (SSSR count). The molecule has 0 aliphatic carbocycles. The zero-order chi connectivity index (χ0) is 16.6. The van der Waals surface area contributed by atoms with Crippen molar-refractivity contribution >= 4 is 6.03 Å². The van der Waals surface area contributed by atoms with Crippen molar-refractivity contribution in [2.45, 2.75) is 26.1 Å². The van der Waals surface area contributed by atoms with Crippen LogP contribution in [-0.4, -0.2) is 56.0 Å². The number of benzene rings is 1. The van der Waals surface area contributed by atoms with E-state index in [1.165, 1.54) is 23.1 Å². The van der Waals surface area contributed by atoms with Gasteiger partial charge in [0.05, 0.1) is 17.9 Å². The van der Waals surface area contributed by atoms with E-state index in [0.29, 0.717) is 17.8 Å². The number of carbonyl (C=O) groups is 1. The lowest BCUT2D eigenvalue weighted by molar-refractivity contribution is -0.0547. The quantitative estimate of drug-likeness (QED) is 0.720. The fourth-order valence-electron chi connectivity index (χ4n) is 2.60. The first-order valence-corrected chi connectivity index (χ1v) is 7.21. The van der Waals surface area contributed by atoms with Crippen LogP contribution in [0.3, 0.4) is 0 Å². The molecule has 23 heavy (non-hydrogen) atoms. The summed E-state index contributed by atoms with van der Waals surface area (Å²) in [5.41, 5.74) is -0.537. The molecule has 1 saturated heterocycles. The summed E-state index contributed by atoms with van der Waals surface area (Å²) < 4.78 is 20.4. The van der Waals surface area contributed by atoms with Crippen LogP contribution in [0.5, 0.6) is 0 Å². The average molecular weight is 321 g/mol. The van der Waals surface area contributed by atoms with E-state index in [0.717, 1.165) is 10.7 Å². The van der Waals surface area contributed by atoms with Gasteiger partial charge in [-0.25, -0.2) is 14.0 Å². The standard InChI is InChI=1S/C14H16FN5O3/c1-9-7-18(8-10(2)23-9)13(21)20-14(22)19(16-17-20)12-5-3-4-11(15)6-12/h3-6,9-10H,7-8H2,1-2H3. The number of carbonyl (C=O) groups excluding carboxylic acids is 1. The van der Waals surface area contributed by atoms with Crippen LogP contribution in [0.4, 0.5) is 9.18 Å². The maximum absolute atomic E-state index is 13.3. The molecule has 122 valence electrons. The van der Waals surface area contributed by atoms with Gasteiger partial charge in [0.25, 0.3) is 0 Å². The highest BCUT2D eigenvalue weighted by Crippen LogP contribution is 2.11. The van der Waals surface area contributed by atoms with Crippen molar-refractivity contribution in [3.8, 4) is 5.69 Å². The molecule has 0 radical (unpaired) electrons. The van der Waals surface area contributed by atoms with Gasteiger partial charge in [0.15, 0.2) is 0 Å². The Morgan fingerprint density at radius 3 is 2.61 bits per heavy atom. The maximum Gasteiger partial charge on any atom is 0.377 e. The van der Waals surface area contributed by atoms with Crippen molar-refractivity contribution in [3.63, 3.8) is 0 Å². The summed E-state index contributed by atoms with van der Waals surface area (Å²) >= 11 is 0. The second-order valence-corrected chi connectivity index (χ2v) is 5.51. The fourth-order valence-corrected chi connectivity index (χ4v) is 2.60. The van der Waals surface area contributed by atoms with Crippen LogP contribution in [0, 0.1) is 5.82 Å². The number of hydrogen-bond donors (Lipinski definition) is 0. The topological polar surface area (TPSA) is 82.3 Å². The number of hydrogen-bond acceptors (Lipinski definition) is 5. The molecule has 2 unspecified atom stereocenters. The van der Waals surface area contributed by atoms with Crippen molar-refractivity contribution in [2.75, 3.05) is 13.1 Å². The van der Waals surface area contributed by atoms with Crippen molar-refractivity contribution in [1.29, 1.82) is 0 Å². The van der Waals surface area contributed by atoms with Gasteiger partial charge in [0, 0.05) is 13.1 Å². The first-order chi connectivity index (χ1) is 11.0. The summed E-state index contributed by atoms with van der Waals surface area (Å²) in [6.07, 6.45) is -0.256. The van der Waals surface area contributed by atoms with Gasteiger partial charge in [-0.1, -0.05) is 6.07 Å². The Bertz CT molecular complexity index is 777. The van der Waals surface area contributed by atoms with Gasteiger partial charge < -0.3 is 9.64 Å². The predicted molar refractivity (Wildman–Crippen MR) is 78.0 cm³/mol. The molecule has 0 bridgehead atoms. The van der Waals surface area contributed by atoms with Crippen LogP contribution in [-0.2, 0) is 4.74 Å². The number of ether oxygens (including phenoxy) is 1. The van der Waals surface area contributed by atoms with Crippen LogP contribution < -0.4 is 5.69 Å². The Morgan fingerprint density at radius 2 is 1.96 bits per heavy atom. The molecule has 9 heteroatoms. The maximum atomic E-state index is 13.3. The number of halogens is 1. The van der Waals surface area contributed by atoms with Gasteiger partial charge in [-0.2, -0.15) is 4.68 Å². The van der Waals surface area contributed by atoms with Crippen LogP contribution in [0.2, 0.25) is 0 Å². The van der Waals surface area contributed by atoms with Gasteiger partial charge in [0.2, 0.25) is 0 Å². The molecule has 1 amide bonds. The molecule has 2 atom stereocenters. The van der Waals surface area contributed by atoms with Gasteiger partial charge in [0.1, 0.15) is 5.82 Å². The summed E-state index contributed by atoms with van der Waals surface area (Å²) in [6, 6.07) is 4.78. The summed E-state index contributed by atoms with van der Waals surface area (Å²) in [5, 5.41) is 7.26. The molecule has 1 aromatic carbocycles. The molecule has 1 fully saturated rings. The third kappa shape index (κ3) is 3.00. The Kier molecular flexibility index (Phi) is 3.95. The number of nitrogens with zero attached hydrogens (tertiary/aromatic N) is 5. The van der Waals surface area contributed by atoms with Crippen LogP contribution in [0.25, 0.3) is 5.69 Å². The molecule has 0 N–H and O–H groups in total. The van der Waals surface area contributed by atoms with Crippen LogP contribution >= 0.6 is 0 Å². The van der Waals surface area contributed by atoms with Crippen LogP contribution in [0.1, 0.15) is 13.8 Å². The summed E-state index contributed by atoms with van der Waals surface area (Å²) in [4.78, 5) is 26.3. The highest BCUT2D eigenvalue weighted by Gasteiger charge is 2.29. The Balaban J connectivity index is 1.90. The van der Waals surface area contributed by atoms with Crippen molar-refractivity contribution in [1.82, 2.24) is 24.7 Å². The lowest BCUT2D eigenvalue weighted by Crippen LogP contribution is -2.51. The zero-order valence-electron chi connectivity index (χ0n) is 12.7. The zero-order valence-corrected chi connectivity index (χ0v) is 12.7. The molecular weight excluding hydrogens is 305 g/mol. The summed E-state index contributed by atoms with van der Waals surface area (Å²) in [5.74, 6) is -0.508. The Hall–Kier alpha value is -2.55. The number of morpholine rings is 1. The minimum Gasteiger partial charge on any atom is -0.372 e. The minimum absolute atomic E-state index is 0.128. The molecular formula is C14H16FN5O3. The smallest absolute Gasteiger partial charge is 0.372 e. The third-order valence-corrected chi connectivity index (χ3v) is 3.51. The van der Waals surface area contributed by atoms with E-state index >= 15 is 0 Å². The second-order valence-electron chi connectivity index (χ2n) is 5.51. The normalized spacial score (nSPS) is 21.4. The number of tetrazole rings is 1. The molecule has 2 heterocycles. The number of rotatable bonds is 1. The van der Waals surface area contributed by atoms with E-state index in [1.807, 2.05) is 13.8 Å². The lowest BCUT2D eigenvalue weighted by atomic mass is 10.2. The summed E-state index contributed by atoms with van der Waals surface area (Å²) in [7, 11) is 0.